The molecule has 0 saturated heterocycles. The summed E-state index contributed by atoms with van der Waals surface area (Å²) in [5, 5.41) is 3.57. The van der Waals surface area contributed by atoms with E-state index in [1.165, 1.54) is 32.1 Å². The Labute approximate surface area is 119 Å². The van der Waals surface area contributed by atoms with Crippen molar-refractivity contribution in [3.63, 3.8) is 0 Å². The number of likely N-dealkylation sites (N-methyl/N-ethyl adjacent to an activating group) is 1. The van der Waals surface area contributed by atoms with E-state index in [0.29, 0.717) is 12.1 Å². The van der Waals surface area contributed by atoms with Gasteiger partial charge in [0.25, 0.3) is 0 Å². The third-order valence-corrected chi connectivity index (χ3v) is 4.15. The molecule has 3 nitrogen and oxygen atoms in total. The zero-order chi connectivity index (χ0) is 13.9. The van der Waals surface area contributed by atoms with E-state index >= 15 is 0 Å². The fourth-order valence-corrected chi connectivity index (χ4v) is 2.87. The van der Waals surface area contributed by atoms with Gasteiger partial charge in [-0.05, 0) is 38.1 Å². The van der Waals surface area contributed by atoms with Gasteiger partial charge in [0.1, 0.15) is 0 Å². The molecule has 0 aliphatic heterocycles. The van der Waals surface area contributed by atoms with Crippen molar-refractivity contribution in [3.8, 4) is 0 Å². The van der Waals surface area contributed by atoms with Crippen molar-refractivity contribution < 1.29 is 9.47 Å². The molecule has 0 heterocycles. The molecule has 1 aliphatic carbocycles. The van der Waals surface area contributed by atoms with E-state index in [9.17, 15) is 0 Å². The summed E-state index contributed by atoms with van der Waals surface area (Å²) in [6.45, 7) is 10.1. The normalized spacial score (nSPS) is 27.6. The highest BCUT2D eigenvalue weighted by Gasteiger charge is 2.29. The highest BCUT2D eigenvalue weighted by atomic mass is 16.5. The van der Waals surface area contributed by atoms with E-state index < -0.39 is 0 Å². The summed E-state index contributed by atoms with van der Waals surface area (Å²) in [4.78, 5) is 0. The lowest BCUT2D eigenvalue weighted by molar-refractivity contribution is -0.0363. The van der Waals surface area contributed by atoms with E-state index in [1.54, 1.807) is 0 Å². The molecule has 1 fully saturated rings. The van der Waals surface area contributed by atoms with Crippen molar-refractivity contribution >= 4 is 0 Å². The summed E-state index contributed by atoms with van der Waals surface area (Å²) in [6, 6.07) is 0.545. The maximum Gasteiger partial charge on any atom is 0.0731 e. The summed E-state index contributed by atoms with van der Waals surface area (Å²) in [5.74, 6) is 0.848. The molecule has 0 radical (unpaired) electrons. The van der Waals surface area contributed by atoms with Crippen molar-refractivity contribution in [1.82, 2.24) is 5.32 Å². The van der Waals surface area contributed by atoms with E-state index in [4.69, 9.17) is 9.47 Å². The highest BCUT2D eigenvalue weighted by molar-refractivity contribution is 4.85. The maximum absolute atomic E-state index is 6.07. The van der Waals surface area contributed by atoms with Crippen LogP contribution in [0.5, 0.6) is 0 Å². The number of nitrogens with one attached hydrogen (secondary N) is 1. The average molecular weight is 271 g/mol. The molecule has 1 N–H and O–H groups in total. The largest absolute Gasteiger partial charge is 0.379 e. The number of hydrogen-bond donors (Lipinski definition) is 1. The van der Waals surface area contributed by atoms with Crippen LogP contribution in [0.4, 0.5) is 0 Å². The van der Waals surface area contributed by atoms with Gasteiger partial charge in [0.2, 0.25) is 0 Å². The van der Waals surface area contributed by atoms with E-state index in [2.05, 4.69) is 26.1 Å². The molecule has 0 aromatic rings. The highest BCUT2D eigenvalue weighted by Crippen LogP contribution is 2.28. The first-order valence-corrected chi connectivity index (χ1v) is 8.24. The topological polar surface area (TPSA) is 30.5 Å². The minimum atomic E-state index is 0.383. The maximum atomic E-state index is 6.07. The number of unbranched alkanes of at least 4 members (excludes halogenated alkanes) is 1. The van der Waals surface area contributed by atoms with Gasteiger partial charge in [-0.15, -0.1) is 0 Å². The van der Waals surface area contributed by atoms with Gasteiger partial charge in [-0.1, -0.05) is 33.6 Å². The first-order chi connectivity index (χ1) is 9.31. The summed E-state index contributed by atoms with van der Waals surface area (Å²) >= 11 is 0. The fourth-order valence-electron chi connectivity index (χ4n) is 2.87. The second-order valence-electron chi connectivity index (χ2n) is 5.63. The Balaban J connectivity index is 2.21. The van der Waals surface area contributed by atoms with Crippen LogP contribution in [0.3, 0.4) is 0 Å². The van der Waals surface area contributed by atoms with Crippen molar-refractivity contribution in [2.75, 3.05) is 26.4 Å². The lowest BCUT2D eigenvalue weighted by Crippen LogP contribution is -2.45. The van der Waals surface area contributed by atoms with E-state index in [0.717, 1.165) is 38.7 Å². The Morgan fingerprint density at radius 1 is 1.05 bits per heavy atom. The number of ether oxygens (including phenoxy) is 2. The van der Waals surface area contributed by atoms with Crippen molar-refractivity contribution in [2.24, 2.45) is 5.92 Å². The quantitative estimate of drug-likeness (QED) is 0.618. The van der Waals surface area contributed by atoms with E-state index in [1.807, 2.05) is 0 Å². The second kappa shape index (κ2) is 10.6. The molecule has 0 amide bonds. The smallest absolute Gasteiger partial charge is 0.0731 e. The summed E-state index contributed by atoms with van der Waals surface area (Å²) in [6.07, 6.45) is 7.84. The van der Waals surface area contributed by atoms with Gasteiger partial charge in [0, 0.05) is 12.6 Å². The molecule has 1 aliphatic rings. The van der Waals surface area contributed by atoms with Gasteiger partial charge in [-0.2, -0.15) is 0 Å². The lowest BCUT2D eigenvalue weighted by atomic mass is 9.82. The molecule has 114 valence electrons. The van der Waals surface area contributed by atoms with Gasteiger partial charge in [-0.25, -0.2) is 0 Å². The average Bonchev–Trinajstić information content (AvgIpc) is 2.44. The Bertz CT molecular complexity index is 211. The molecular weight excluding hydrogens is 238 g/mol. The molecule has 19 heavy (non-hydrogen) atoms. The third kappa shape index (κ3) is 6.73. The standard InChI is InChI=1S/C16H33NO2/c1-4-7-10-18-11-12-19-16-13-14(5-2)8-9-15(16)17-6-3/h14-17H,4-13H2,1-3H3. The molecule has 0 aromatic heterocycles. The van der Waals surface area contributed by atoms with Crippen LogP contribution in [0.25, 0.3) is 0 Å². The van der Waals surface area contributed by atoms with Gasteiger partial charge in [0.05, 0.1) is 19.3 Å². The summed E-state index contributed by atoms with van der Waals surface area (Å²) in [5.41, 5.74) is 0. The Morgan fingerprint density at radius 3 is 2.58 bits per heavy atom. The van der Waals surface area contributed by atoms with Gasteiger partial charge >= 0.3 is 0 Å². The van der Waals surface area contributed by atoms with Crippen molar-refractivity contribution in [3.05, 3.63) is 0 Å². The predicted octanol–water partition coefficient (Wildman–Crippen LogP) is 3.38. The van der Waals surface area contributed by atoms with Crippen LogP contribution < -0.4 is 5.32 Å². The molecule has 3 heteroatoms. The van der Waals surface area contributed by atoms with Gasteiger partial charge in [-0.3, -0.25) is 0 Å². The van der Waals surface area contributed by atoms with Gasteiger partial charge < -0.3 is 14.8 Å². The van der Waals surface area contributed by atoms with E-state index in [-0.39, 0.29) is 0 Å². The number of hydrogen-bond acceptors (Lipinski definition) is 3. The minimum absolute atomic E-state index is 0.383. The number of rotatable bonds is 10. The molecule has 0 bridgehead atoms. The first-order valence-electron chi connectivity index (χ1n) is 8.24. The van der Waals surface area contributed by atoms with Crippen molar-refractivity contribution in [2.45, 2.75) is 71.4 Å². The molecule has 3 unspecified atom stereocenters. The molecule has 1 saturated carbocycles. The Kier molecular flexibility index (Phi) is 9.48. The lowest BCUT2D eigenvalue weighted by Gasteiger charge is -2.36. The molecular formula is C16H33NO2. The van der Waals surface area contributed by atoms with Crippen LogP contribution in [-0.4, -0.2) is 38.5 Å². The van der Waals surface area contributed by atoms with Crippen molar-refractivity contribution in [1.29, 1.82) is 0 Å². The van der Waals surface area contributed by atoms with Crippen LogP contribution in [0, 0.1) is 5.92 Å². The van der Waals surface area contributed by atoms with Crippen LogP contribution in [-0.2, 0) is 9.47 Å². The van der Waals surface area contributed by atoms with Gasteiger partial charge in [0.15, 0.2) is 0 Å². The van der Waals surface area contributed by atoms with Crippen LogP contribution >= 0.6 is 0 Å². The second-order valence-corrected chi connectivity index (χ2v) is 5.63. The minimum Gasteiger partial charge on any atom is -0.379 e. The zero-order valence-electron chi connectivity index (χ0n) is 13.1. The summed E-state index contributed by atoms with van der Waals surface area (Å²) in [7, 11) is 0. The summed E-state index contributed by atoms with van der Waals surface area (Å²) < 4.78 is 11.6. The third-order valence-electron chi connectivity index (χ3n) is 4.15. The van der Waals surface area contributed by atoms with Crippen LogP contribution in [0.15, 0.2) is 0 Å². The van der Waals surface area contributed by atoms with Crippen LogP contribution in [0.1, 0.15) is 59.3 Å². The van der Waals surface area contributed by atoms with Crippen LogP contribution in [0.2, 0.25) is 0 Å². The fraction of sp³-hybridized carbons (Fsp3) is 1.00. The predicted molar refractivity (Wildman–Crippen MR) is 80.6 cm³/mol. The molecule has 3 atom stereocenters. The molecule has 1 rings (SSSR count). The zero-order valence-corrected chi connectivity index (χ0v) is 13.1. The molecule has 0 spiro atoms. The SMILES string of the molecule is CCCCOCCOC1CC(CC)CCC1NCC. The first kappa shape index (κ1) is 16.9. The monoisotopic (exact) mass is 271 g/mol. The Morgan fingerprint density at radius 2 is 1.89 bits per heavy atom. The Hall–Kier alpha value is -0.120. The molecule has 0 aromatic carbocycles.